The molecule has 94 valence electrons. The summed E-state index contributed by atoms with van der Waals surface area (Å²) in [5.41, 5.74) is 0.913. The van der Waals surface area contributed by atoms with Crippen LogP contribution in [0.4, 0.5) is 0 Å². The van der Waals surface area contributed by atoms with E-state index in [1.54, 1.807) is 0 Å². The number of aliphatic hydroxyl groups is 1. The average Bonchev–Trinajstić information content (AvgIpc) is 3.10. The van der Waals surface area contributed by atoms with Crippen LogP contribution >= 0.6 is 23.4 Å². The molecule has 4 heteroatoms. The molecular formula is C13H18ClNOS. The normalized spacial score (nSPS) is 19.0. The Morgan fingerprint density at radius 3 is 2.59 bits per heavy atom. The first-order valence-corrected chi connectivity index (χ1v) is 7.45. The van der Waals surface area contributed by atoms with Crippen LogP contribution in [0.2, 0.25) is 5.02 Å². The summed E-state index contributed by atoms with van der Waals surface area (Å²) in [6.07, 6.45) is 4.28. The lowest BCUT2D eigenvalue weighted by Crippen LogP contribution is -2.29. The molecule has 2 N–H and O–H groups in total. The molecule has 2 rings (SSSR count). The molecule has 1 saturated carbocycles. The van der Waals surface area contributed by atoms with E-state index < -0.39 is 6.10 Å². The van der Waals surface area contributed by atoms with Gasteiger partial charge in [-0.1, -0.05) is 23.7 Å². The maximum atomic E-state index is 9.99. The van der Waals surface area contributed by atoms with Crippen molar-refractivity contribution in [1.82, 2.24) is 5.32 Å². The first kappa shape index (κ1) is 13.2. The molecule has 0 saturated heterocycles. The van der Waals surface area contributed by atoms with Crippen molar-refractivity contribution in [1.29, 1.82) is 0 Å². The van der Waals surface area contributed by atoms with Crippen molar-refractivity contribution in [3.8, 4) is 0 Å². The van der Waals surface area contributed by atoms with E-state index in [0.717, 1.165) is 12.1 Å². The van der Waals surface area contributed by atoms with Crippen molar-refractivity contribution in [3.05, 3.63) is 34.9 Å². The van der Waals surface area contributed by atoms with Crippen LogP contribution in [0.1, 0.15) is 24.5 Å². The van der Waals surface area contributed by atoms with Crippen molar-refractivity contribution in [2.45, 2.75) is 23.7 Å². The zero-order valence-corrected chi connectivity index (χ0v) is 11.5. The Morgan fingerprint density at radius 1 is 1.41 bits per heavy atom. The second-order valence-electron chi connectivity index (χ2n) is 4.59. The number of benzene rings is 1. The van der Waals surface area contributed by atoms with Crippen LogP contribution in [0.25, 0.3) is 0 Å². The largest absolute Gasteiger partial charge is 0.387 e. The van der Waals surface area contributed by atoms with Gasteiger partial charge in [0.1, 0.15) is 0 Å². The topological polar surface area (TPSA) is 32.3 Å². The number of halogens is 1. The first-order valence-electron chi connectivity index (χ1n) is 5.85. The monoisotopic (exact) mass is 271 g/mol. The SMILES string of the molecule is CSC1(CNCC(O)c2ccc(Cl)cc2)CC1. The lowest BCUT2D eigenvalue weighted by molar-refractivity contribution is 0.175. The van der Waals surface area contributed by atoms with Crippen LogP contribution < -0.4 is 5.32 Å². The number of hydrogen-bond donors (Lipinski definition) is 2. The van der Waals surface area contributed by atoms with Crippen LogP contribution in [0, 0.1) is 0 Å². The van der Waals surface area contributed by atoms with Crippen LogP contribution in [-0.4, -0.2) is 29.2 Å². The highest BCUT2D eigenvalue weighted by atomic mass is 35.5. The van der Waals surface area contributed by atoms with E-state index in [-0.39, 0.29) is 0 Å². The third kappa shape index (κ3) is 3.62. The maximum Gasteiger partial charge on any atom is 0.0914 e. The molecule has 1 atom stereocenters. The maximum absolute atomic E-state index is 9.99. The molecule has 2 nitrogen and oxygen atoms in total. The quantitative estimate of drug-likeness (QED) is 0.835. The van der Waals surface area contributed by atoms with Gasteiger partial charge in [-0.15, -0.1) is 0 Å². The van der Waals surface area contributed by atoms with Gasteiger partial charge in [0.2, 0.25) is 0 Å². The third-order valence-corrected chi connectivity index (χ3v) is 4.95. The van der Waals surface area contributed by atoms with E-state index in [2.05, 4.69) is 11.6 Å². The molecule has 0 radical (unpaired) electrons. The second kappa shape index (κ2) is 5.61. The minimum Gasteiger partial charge on any atom is -0.387 e. The average molecular weight is 272 g/mol. The number of thioether (sulfide) groups is 1. The molecular weight excluding hydrogens is 254 g/mol. The van der Waals surface area contributed by atoms with Crippen LogP contribution in [0.15, 0.2) is 24.3 Å². The van der Waals surface area contributed by atoms with E-state index in [1.165, 1.54) is 12.8 Å². The summed E-state index contributed by atoms with van der Waals surface area (Å²) < 4.78 is 0.444. The number of hydrogen-bond acceptors (Lipinski definition) is 3. The Labute approximate surface area is 112 Å². The van der Waals surface area contributed by atoms with E-state index in [4.69, 9.17) is 11.6 Å². The van der Waals surface area contributed by atoms with E-state index in [1.807, 2.05) is 36.0 Å². The highest BCUT2D eigenvalue weighted by Gasteiger charge is 2.41. The van der Waals surface area contributed by atoms with Crippen molar-refractivity contribution < 1.29 is 5.11 Å². The van der Waals surface area contributed by atoms with Crippen LogP contribution in [0.3, 0.4) is 0 Å². The minimum absolute atomic E-state index is 0.444. The first-order chi connectivity index (χ1) is 8.15. The third-order valence-electron chi connectivity index (χ3n) is 3.28. The lowest BCUT2D eigenvalue weighted by atomic mass is 10.1. The molecule has 0 aromatic heterocycles. The predicted octanol–water partition coefficient (Wildman–Crippen LogP) is 2.86. The number of rotatable bonds is 6. The molecule has 1 aromatic rings. The molecule has 1 aliphatic carbocycles. The molecule has 1 fully saturated rings. The summed E-state index contributed by atoms with van der Waals surface area (Å²) in [7, 11) is 0. The van der Waals surface area contributed by atoms with Gasteiger partial charge in [0, 0.05) is 22.9 Å². The Bertz CT molecular complexity index is 364. The Balaban J connectivity index is 1.77. The lowest BCUT2D eigenvalue weighted by Gasteiger charge is -2.16. The van der Waals surface area contributed by atoms with Crippen LogP contribution in [-0.2, 0) is 0 Å². The smallest absolute Gasteiger partial charge is 0.0914 e. The summed E-state index contributed by atoms with van der Waals surface area (Å²) in [6.45, 7) is 1.59. The van der Waals surface area contributed by atoms with Gasteiger partial charge in [0.15, 0.2) is 0 Å². The summed E-state index contributed by atoms with van der Waals surface area (Å²) in [5.74, 6) is 0. The Kier molecular flexibility index (Phi) is 4.36. The molecule has 0 bridgehead atoms. The van der Waals surface area contributed by atoms with Gasteiger partial charge >= 0.3 is 0 Å². The van der Waals surface area contributed by atoms with Crippen molar-refractivity contribution >= 4 is 23.4 Å². The predicted molar refractivity (Wildman–Crippen MR) is 74.8 cm³/mol. The molecule has 1 unspecified atom stereocenters. The highest BCUT2D eigenvalue weighted by molar-refractivity contribution is 8.00. The fraction of sp³-hybridized carbons (Fsp3) is 0.538. The van der Waals surface area contributed by atoms with Gasteiger partial charge in [0.25, 0.3) is 0 Å². The minimum atomic E-state index is -0.454. The van der Waals surface area contributed by atoms with Crippen molar-refractivity contribution in [2.75, 3.05) is 19.3 Å². The van der Waals surface area contributed by atoms with Crippen molar-refractivity contribution in [2.24, 2.45) is 0 Å². The van der Waals surface area contributed by atoms with Gasteiger partial charge in [-0.3, -0.25) is 0 Å². The fourth-order valence-corrected chi connectivity index (χ4v) is 2.71. The molecule has 1 aromatic carbocycles. The van der Waals surface area contributed by atoms with Gasteiger partial charge in [-0.05, 0) is 36.8 Å². The van der Waals surface area contributed by atoms with Crippen LogP contribution in [0.5, 0.6) is 0 Å². The Morgan fingerprint density at radius 2 is 2.06 bits per heavy atom. The summed E-state index contributed by atoms with van der Waals surface area (Å²) in [5, 5.41) is 14.0. The number of nitrogens with one attached hydrogen (secondary N) is 1. The number of aliphatic hydroxyl groups excluding tert-OH is 1. The van der Waals surface area contributed by atoms with Gasteiger partial charge in [-0.25, -0.2) is 0 Å². The standard InChI is InChI=1S/C13H18ClNOS/c1-17-13(6-7-13)9-15-8-12(16)10-2-4-11(14)5-3-10/h2-5,12,15-16H,6-9H2,1H3. The summed E-state index contributed by atoms with van der Waals surface area (Å²) in [4.78, 5) is 0. The van der Waals surface area contributed by atoms with Gasteiger partial charge in [-0.2, -0.15) is 11.8 Å². The van der Waals surface area contributed by atoms with Crippen molar-refractivity contribution in [3.63, 3.8) is 0 Å². The fourth-order valence-electron chi connectivity index (χ4n) is 1.83. The zero-order chi connectivity index (χ0) is 12.3. The van der Waals surface area contributed by atoms with E-state index >= 15 is 0 Å². The zero-order valence-electron chi connectivity index (χ0n) is 9.95. The van der Waals surface area contributed by atoms with Gasteiger partial charge in [0.05, 0.1) is 6.10 Å². The van der Waals surface area contributed by atoms with E-state index in [9.17, 15) is 5.11 Å². The molecule has 0 heterocycles. The molecule has 1 aliphatic rings. The highest BCUT2D eigenvalue weighted by Crippen LogP contribution is 2.46. The molecule has 17 heavy (non-hydrogen) atoms. The molecule has 0 amide bonds. The summed E-state index contributed by atoms with van der Waals surface area (Å²) >= 11 is 7.73. The second-order valence-corrected chi connectivity index (χ2v) is 6.30. The Hall–Kier alpha value is -0.220. The van der Waals surface area contributed by atoms with Gasteiger partial charge < -0.3 is 10.4 Å². The summed E-state index contributed by atoms with van der Waals surface area (Å²) in [6, 6.07) is 7.36. The molecule has 0 aliphatic heterocycles. The molecule has 0 spiro atoms. The van der Waals surface area contributed by atoms with E-state index in [0.29, 0.717) is 16.3 Å².